The van der Waals surface area contributed by atoms with Crippen LogP contribution in [0.3, 0.4) is 0 Å². The lowest BCUT2D eigenvalue weighted by molar-refractivity contribution is -0.0726. The van der Waals surface area contributed by atoms with E-state index in [1.165, 1.54) is 12.3 Å². The standard InChI is InChI=1S/C11H18N4O5/c12-2-4-19-9-8(17)6(5-16)20-10(9)15-3-1-7(13)14-11(15)18/h1,3,6,8-10,16-17H,2,4-5,12H2,(H2,13,14,18)/t6-,8-,9-,10-/m1/s1. The predicted molar refractivity (Wildman–Crippen MR) is 68.7 cm³/mol. The van der Waals surface area contributed by atoms with E-state index in [1.54, 1.807) is 0 Å². The van der Waals surface area contributed by atoms with Crippen LogP contribution in [0.4, 0.5) is 5.82 Å². The summed E-state index contributed by atoms with van der Waals surface area (Å²) < 4.78 is 12.0. The Morgan fingerprint density at radius 2 is 2.30 bits per heavy atom. The Hall–Kier alpha value is -1.52. The van der Waals surface area contributed by atoms with Gasteiger partial charge in [0.2, 0.25) is 0 Å². The normalized spacial score (nSPS) is 29.8. The number of rotatable bonds is 5. The highest BCUT2D eigenvalue weighted by Crippen LogP contribution is 2.30. The first-order valence-corrected chi connectivity index (χ1v) is 6.19. The zero-order chi connectivity index (χ0) is 14.7. The summed E-state index contributed by atoms with van der Waals surface area (Å²) in [6, 6.07) is 1.43. The van der Waals surface area contributed by atoms with Crippen molar-refractivity contribution in [3.05, 3.63) is 22.7 Å². The van der Waals surface area contributed by atoms with Crippen molar-refractivity contribution in [3.63, 3.8) is 0 Å². The lowest BCUT2D eigenvalue weighted by Crippen LogP contribution is -2.39. The summed E-state index contributed by atoms with van der Waals surface area (Å²) in [4.78, 5) is 15.4. The van der Waals surface area contributed by atoms with Gasteiger partial charge in [-0.1, -0.05) is 0 Å². The minimum Gasteiger partial charge on any atom is -0.394 e. The maximum absolute atomic E-state index is 11.8. The van der Waals surface area contributed by atoms with Crippen LogP contribution in [0, 0.1) is 0 Å². The van der Waals surface area contributed by atoms with E-state index in [0.717, 1.165) is 4.57 Å². The van der Waals surface area contributed by atoms with E-state index in [9.17, 15) is 9.90 Å². The smallest absolute Gasteiger partial charge is 0.351 e. The second kappa shape index (κ2) is 6.29. The quantitative estimate of drug-likeness (QED) is 0.461. The molecule has 1 aromatic heterocycles. The highest BCUT2D eigenvalue weighted by molar-refractivity contribution is 5.23. The third-order valence-corrected chi connectivity index (χ3v) is 3.05. The van der Waals surface area contributed by atoms with Crippen LogP contribution < -0.4 is 17.2 Å². The lowest BCUT2D eigenvalue weighted by atomic mass is 10.1. The van der Waals surface area contributed by atoms with Crippen molar-refractivity contribution in [1.29, 1.82) is 0 Å². The molecule has 0 radical (unpaired) electrons. The zero-order valence-electron chi connectivity index (χ0n) is 10.8. The van der Waals surface area contributed by atoms with Crippen LogP contribution >= 0.6 is 0 Å². The van der Waals surface area contributed by atoms with Gasteiger partial charge in [-0.05, 0) is 6.07 Å². The van der Waals surface area contributed by atoms with Crippen LogP contribution in [0.2, 0.25) is 0 Å². The molecule has 0 aromatic carbocycles. The van der Waals surface area contributed by atoms with E-state index in [2.05, 4.69) is 4.98 Å². The molecule has 0 unspecified atom stereocenters. The highest BCUT2D eigenvalue weighted by Gasteiger charge is 2.45. The summed E-state index contributed by atoms with van der Waals surface area (Å²) in [6.45, 7) is 0.0583. The van der Waals surface area contributed by atoms with Crippen LogP contribution in [0.25, 0.3) is 0 Å². The summed E-state index contributed by atoms with van der Waals surface area (Å²) >= 11 is 0. The predicted octanol–water partition coefficient (Wildman–Crippen LogP) is -2.58. The number of anilines is 1. The second-order valence-electron chi connectivity index (χ2n) is 4.40. The Balaban J connectivity index is 2.29. The molecule has 0 spiro atoms. The number of aliphatic hydroxyl groups excluding tert-OH is 2. The van der Waals surface area contributed by atoms with Gasteiger partial charge in [-0.15, -0.1) is 0 Å². The van der Waals surface area contributed by atoms with Crippen molar-refractivity contribution in [2.24, 2.45) is 5.73 Å². The molecule has 2 rings (SSSR count). The Kier molecular flexibility index (Phi) is 4.68. The second-order valence-corrected chi connectivity index (χ2v) is 4.40. The van der Waals surface area contributed by atoms with Crippen LogP contribution in [-0.2, 0) is 9.47 Å². The molecule has 0 aliphatic carbocycles. The Bertz CT molecular complexity index is 508. The summed E-state index contributed by atoms with van der Waals surface area (Å²) in [5, 5.41) is 19.2. The van der Waals surface area contributed by atoms with Gasteiger partial charge in [0.15, 0.2) is 6.23 Å². The summed E-state index contributed by atoms with van der Waals surface area (Å²) in [5.74, 6) is 0.0860. The summed E-state index contributed by atoms with van der Waals surface area (Å²) in [7, 11) is 0. The fraction of sp³-hybridized carbons (Fsp3) is 0.636. The molecule has 0 bridgehead atoms. The van der Waals surface area contributed by atoms with E-state index in [0.29, 0.717) is 0 Å². The number of aromatic nitrogens is 2. The van der Waals surface area contributed by atoms with Crippen molar-refractivity contribution in [1.82, 2.24) is 9.55 Å². The fourth-order valence-electron chi connectivity index (χ4n) is 2.10. The van der Waals surface area contributed by atoms with Crippen molar-refractivity contribution < 1.29 is 19.7 Å². The molecule has 1 aliphatic rings. The molecule has 2 heterocycles. The van der Waals surface area contributed by atoms with E-state index >= 15 is 0 Å². The van der Waals surface area contributed by atoms with Crippen molar-refractivity contribution in [2.75, 3.05) is 25.5 Å². The number of hydrogen-bond acceptors (Lipinski definition) is 8. The molecule has 20 heavy (non-hydrogen) atoms. The van der Waals surface area contributed by atoms with Gasteiger partial charge in [-0.3, -0.25) is 4.57 Å². The Morgan fingerprint density at radius 3 is 2.90 bits per heavy atom. The number of ether oxygens (including phenoxy) is 2. The van der Waals surface area contributed by atoms with Crippen LogP contribution in [0.5, 0.6) is 0 Å². The van der Waals surface area contributed by atoms with Crippen LogP contribution in [-0.4, -0.2) is 57.8 Å². The number of hydrogen-bond donors (Lipinski definition) is 4. The fourth-order valence-corrected chi connectivity index (χ4v) is 2.10. The third-order valence-electron chi connectivity index (χ3n) is 3.05. The van der Waals surface area contributed by atoms with Gasteiger partial charge >= 0.3 is 5.69 Å². The maximum atomic E-state index is 11.8. The molecule has 1 aliphatic heterocycles. The van der Waals surface area contributed by atoms with Crippen LogP contribution in [0.1, 0.15) is 6.23 Å². The monoisotopic (exact) mass is 286 g/mol. The summed E-state index contributed by atoms with van der Waals surface area (Å²) in [5.41, 5.74) is 10.2. The Morgan fingerprint density at radius 1 is 1.55 bits per heavy atom. The van der Waals surface area contributed by atoms with Gasteiger partial charge in [-0.25, -0.2) is 4.79 Å². The minimum atomic E-state index is -1.07. The van der Waals surface area contributed by atoms with Gasteiger partial charge in [0.1, 0.15) is 24.1 Å². The molecule has 4 atom stereocenters. The van der Waals surface area contributed by atoms with Gasteiger partial charge in [0.25, 0.3) is 0 Å². The van der Waals surface area contributed by atoms with Crippen molar-refractivity contribution in [2.45, 2.75) is 24.5 Å². The molecule has 0 amide bonds. The molecule has 112 valence electrons. The van der Waals surface area contributed by atoms with Gasteiger partial charge in [0.05, 0.1) is 13.2 Å². The SMILES string of the molecule is NCCO[C@@H]1[C@H](O)[C@@H](CO)O[C@H]1n1ccc(N)nc1=O. The third kappa shape index (κ3) is 2.81. The number of aliphatic hydroxyl groups is 2. The maximum Gasteiger partial charge on any atom is 0.351 e. The molecule has 0 saturated carbocycles. The van der Waals surface area contributed by atoms with E-state index in [-0.39, 0.29) is 19.0 Å². The molecule has 1 aromatic rings. The van der Waals surface area contributed by atoms with E-state index in [1.807, 2.05) is 0 Å². The largest absolute Gasteiger partial charge is 0.394 e. The first-order chi connectivity index (χ1) is 9.58. The zero-order valence-corrected chi connectivity index (χ0v) is 10.8. The van der Waals surface area contributed by atoms with Gasteiger partial charge in [0, 0.05) is 12.7 Å². The topological polar surface area (TPSA) is 146 Å². The first-order valence-electron chi connectivity index (χ1n) is 6.19. The number of nitrogen functional groups attached to an aromatic ring is 1. The average Bonchev–Trinajstić information content (AvgIpc) is 2.73. The molecule has 1 saturated heterocycles. The minimum absolute atomic E-state index is 0.0860. The summed E-state index contributed by atoms with van der Waals surface area (Å²) in [6.07, 6.45) is -2.22. The van der Waals surface area contributed by atoms with Gasteiger partial charge in [-0.2, -0.15) is 4.98 Å². The molecular formula is C11H18N4O5. The number of nitrogens with zero attached hydrogens (tertiary/aromatic N) is 2. The van der Waals surface area contributed by atoms with Crippen LogP contribution in [0.15, 0.2) is 17.1 Å². The van der Waals surface area contributed by atoms with Crippen molar-refractivity contribution >= 4 is 5.82 Å². The molecule has 1 fully saturated rings. The molecular weight excluding hydrogens is 268 g/mol. The van der Waals surface area contributed by atoms with Crippen molar-refractivity contribution in [3.8, 4) is 0 Å². The van der Waals surface area contributed by atoms with E-state index < -0.39 is 36.8 Å². The van der Waals surface area contributed by atoms with E-state index in [4.69, 9.17) is 26.0 Å². The van der Waals surface area contributed by atoms with Gasteiger partial charge < -0.3 is 31.2 Å². The molecule has 9 nitrogen and oxygen atoms in total. The first kappa shape index (κ1) is 14.9. The number of nitrogens with two attached hydrogens (primary N) is 2. The lowest BCUT2D eigenvalue weighted by Gasteiger charge is -2.21. The highest BCUT2D eigenvalue weighted by atomic mass is 16.6. The average molecular weight is 286 g/mol. The molecule has 6 N–H and O–H groups in total. The molecule has 9 heteroatoms. The Labute approximate surface area is 114 Å².